The fourth-order valence-electron chi connectivity index (χ4n) is 0.340. The summed E-state index contributed by atoms with van der Waals surface area (Å²) in [7, 11) is 0. The fraction of sp³-hybridized carbons (Fsp3) is 0.538. The van der Waals surface area contributed by atoms with Crippen molar-refractivity contribution < 1.29 is 26.2 Å². The van der Waals surface area contributed by atoms with Gasteiger partial charge in [0, 0.05) is 0 Å². The Hall–Kier alpha value is 0.363. The van der Waals surface area contributed by atoms with E-state index >= 15 is 0 Å². The van der Waals surface area contributed by atoms with Crippen LogP contribution in [-0.2, 0) is 26.2 Å². The molecule has 14 heavy (non-hydrogen) atoms. The van der Waals surface area contributed by atoms with Gasteiger partial charge in [-0.05, 0) is 0 Å². The number of hydrogen-bond donors (Lipinski definition) is 0. The van der Waals surface area contributed by atoms with E-state index in [2.05, 4.69) is 39.8 Å². The quantitative estimate of drug-likeness (QED) is 0.646. The number of allylic oxidation sites excluding steroid dienone is 4. The summed E-state index contributed by atoms with van der Waals surface area (Å²) in [4.78, 5) is 0. The molecule has 1 rings (SSSR count). The van der Waals surface area contributed by atoms with E-state index in [0.717, 1.165) is 19.3 Å². The Morgan fingerprint density at radius 1 is 1.14 bits per heavy atom. The van der Waals surface area contributed by atoms with Crippen molar-refractivity contribution in [3.05, 3.63) is 38.2 Å². The summed E-state index contributed by atoms with van der Waals surface area (Å²) in [5.74, 6) is 0. The van der Waals surface area contributed by atoms with Crippen molar-refractivity contribution in [2.45, 2.75) is 46.0 Å². The third-order valence-corrected chi connectivity index (χ3v) is 1.29. The van der Waals surface area contributed by atoms with Gasteiger partial charge in [-0.3, -0.25) is 6.08 Å². The molecule has 0 aromatic carbocycles. The van der Waals surface area contributed by atoms with Gasteiger partial charge >= 0.3 is 26.2 Å². The standard InChI is InChI=1S/C5H5.2C4H9.Zr/c1-2-4-5-3-1;2*1-3-4-2;/h1-3H,4H2;2*1,3-4H2,2H3;/q3*-1;+3. The molecule has 0 aromatic heterocycles. The predicted molar refractivity (Wildman–Crippen MR) is 62.1 cm³/mol. The monoisotopic (exact) mass is 269 g/mol. The second kappa shape index (κ2) is 23.3. The average Bonchev–Trinajstić information content (AvgIpc) is 2.76. The summed E-state index contributed by atoms with van der Waals surface area (Å²) < 4.78 is 0. The van der Waals surface area contributed by atoms with E-state index in [9.17, 15) is 0 Å². The Bertz CT molecular complexity index is 96.4. The van der Waals surface area contributed by atoms with Crippen molar-refractivity contribution in [1.82, 2.24) is 0 Å². The molecule has 1 aliphatic rings. The Morgan fingerprint density at radius 2 is 1.57 bits per heavy atom. The Labute approximate surface area is 110 Å². The average molecular weight is 271 g/mol. The maximum Gasteiger partial charge on any atom is 3.00 e. The van der Waals surface area contributed by atoms with E-state index < -0.39 is 0 Å². The number of hydrogen-bond acceptors (Lipinski definition) is 0. The van der Waals surface area contributed by atoms with Gasteiger partial charge in [0.25, 0.3) is 0 Å². The van der Waals surface area contributed by atoms with E-state index in [1.165, 1.54) is 12.8 Å². The van der Waals surface area contributed by atoms with Gasteiger partial charge < -0.3 is 13.8 Å². The van der Waals surface area contributed by atoms with Crippen molar-refractivity contribution in [3.8, 4) is 0 Å². The van der Waals surface area contributed by atoms with E-state index in [0.29, 0.717) is 0 Å². The second-order valence-electron chi connectivity index (χ2n) is 2.71. The summed E-state index contributed by atoms with van der Waals surface area (Å²) in [5.41, 5.74) is 0. The van der Waals surface area contributed by atoms with Gasteiger partial charge in [0.15, 0.2) is 0 Å². The topological polar surface area (TPSA) is 0 Å². The maximum absolute atomic E-state index is 3.60. The molecule has 0 amide bonds. The van der Waals surface area contributed by atoms with Gasteiger partial charge in [-0.15, -0.1) is 6.42 Å². The minimum atomic E-state index is 0. The summed E-state index contributed by atoms with van der Waals surface area (Å²) in [6.07, 6.45) is 14.6. The molecule has 0 atom stereocenters. The van der Waals surface area contributed by atoms with Crippen LogP contribution in [0.3, 0.4) is 0 Å². The van der Waals surface area contributed by atoms with Crippen LogP contribution in [0.2, 0.25) is 0 Å². The van der Waals surface area contributed by atoms with Crippen LogP contribution >= 0.6 is 0 Å². The van der Waals surface area contributed by atoms with Crippen molar-refractivity contribution in [1.29, 1.82) is 0 Å². The molecule has 1 heteroatoms. The molecule has 0 unspecified atom stereocenters. The minimum absolute atomic E-state index is 0. The van der Waals surface area contributed by atoms with Crippen LogP contribution < -0.4 is 0 Å². The molecule has 0 spiro atoms. The van der Waals surface area contributed by atoms with Crippen LogP contribution in [-0.4, -0.2) is 0 Å². The molecule has 79 valence electrons. The third kappa shape index (κ3) is 29.4. The normalized spacial score (nSPS) is 10.6. The Kier molecular flexibility index (Phi) is 33.1. The second-order valence-corrected chi connectivity index (χ2v) is 2.71. The van der Waals surface area contributed by atoms with Crippen molar-refractivity contribution in [3.63, 3.8) is 0 Å². The summed E-state index contributed by atoms with van der Waals surface area (Å²) >= 11 is 0. The molecule has 0 heterocycles. The third-order valence-electron chi connectivity index (χ3n) is 1.29. The molecule has 0 nitrogen and oxygen atoms in total. The molecule has 0 aromatic rings. The SMILES string of the molecule is [C-]1=CC=CC1.[CH2-]CCC.[CH2-]CCC.[Zr+3]. The van der Waals surface area contributed by atoms with E-state index in [4.69, 9.17) is 0 Å². The van der Waals surface area contributed by atoms with Gasteiger partial charge in [-0.25, -0.2) is 12.2 Å². The number of rotatable bonds is 2. The molecular weight excluding hydrogens is 247 g/mol. The van der Waals surface area contributed by atoms with Crippen LogP contribution in [0, 0.1) is 19.9 Å². The minimum Gasteiger partial charge on any atom is -0.343 e. The van der Waals surface area contributed by atoms with Gasteiger partial charge in [0.2, 0.25) is 0 Å². The molecule has 0 aliphatic heterocycles. The van der Waals surface area contributed by atoms with Gasteiger partial charge in [-0.2, -0.15) is 18.9 Å². The first-order valence-electron chi connectivity index (χ1n) is 5.13. The van der Waals surface area contributed by atoms with Crippen molar-refractivity contribution >= 4 is 0 Å². The maximum atomic E-state index is 3.60. The zero-order chi connectivity index (χ0) is 10.4. The van der Waals surface area contributed by atoms with E-state index in [1.807, 2.05) is 12.2 Å². The van der Waals surface area contributed by atoms with Gasteiger partial charge in [-0.1, -0.05) is 26.7 Å². The molecule has 0 bridgehead atoms. The first-order chi connectivity index (χ1) is 6.33. The molecule has 1 aliphatic carbocycles. The molecule has 0 saturated carbocycles. The molecular formula is C13H23Zr. The Morgan fingerprint density at radius 3 is 1.64 bits per heavy atom. The first-order valence-corrected chi connectivity index (χ1v) is 5.13. The molecule has 0 saturated heterocycles. The van der Waals surface area contributed by atoms with E-state index in [1.54, 1.807) is 0 Å². The zero-order valence-electron chi connectivity index (χ0n) is 9.68. The van der Waals surface area contributed by atoms with Crippen LogP contribution in [0.25, 0.3) is 0 Å². The summed E-state index contributed by atoms with van der Waals surface area (Å²) in [6, 6.07) is 0. The first kappa shape index (κ1) is 19.9. The summed E-state index contributed by atoms with van der Waals surface area (Å²) in [6.45, 7) is 11.4. The number of unbranched alkanes of at least 4 members (excludes halogenated alkanes) is 2. The summed E-state index contributed by atoms with van der Waals surface area (Å²) in [5, 5.41) is 0. The molecule has 0 fully saturated rings. The van der Waals surface area contributed by atoms with Crippen LogP contribution in [0.1, 0.15) is 46.0 Å². The van der Waals surface area contributed by atoms with Gasteiger partial charge in [0.1, 0.15) is 0 Å². The van der Waals surface area contributed by atoms with E-state index in [-0.39, 0.29) is 26.2 Å². The van der Waals surface area contributed by atoms with Gasteiger partial charge in [0.05, 0.1) is 0 Å². The van der Waals surface area contributed by atoms with Crippen LogP contribution in [0.15, 0.2) is 18.2 Å². The Balaban J connectivity index is -0.000000127. The zero-order valence-corrected chi connectivity index (χ0v) is 12.1. The smallest absolute Gasteiger partial charge is 0.343 e. The fourth-order valence-corrected chi connectivity index (χ4v) is 0.340. The molecule has 0 N–H and O–H groups in total. The van der Waals surface area contributed by atoms with Crippen LogP contribution in [0.4, 0.5) is 0 Å². The molecule has 1 radical (unpaired) electrons. The van der Waals surface area contributed by atoms with Crippen molar-refractivity contribution in [2.75, 3.05) is 0 Å². The predicted octanol–water partition coefficient (Wildman–Crippen LogP) is 4.54. The van der Waals surface area contributed by atoms with Crippen LogP contribution in [0.5, 0.6) is 0 Å². The van der Waals surface area contributed by atoms with Crippen molar-refractivity contribution in [2.24, 2.45) is 0 Å². The largest absolute Gasteiger partial charge is 3.00 e.